The summed E-state index contributed by atoms with van der Waals surface area (Å²) in [5.41, 5.74) is 0.284. The van der Waals surface area contributed by atoms with Crippen LogP contribution in [-0.4, -0.2) is 11.9 Å². The van der Waals surface area contributed by atoms with Crippen molar-refractivity contribution in [3.63, 3.8) is 0 Å². The molecule has 0 heterocycles. The molecule has 0 aliphatic rings. The summed E-state index contributed by atoms with van der Waals surface area (Å²) in [5.74, 6) is -2.92. The minimum atomic E-state index is -1.46. The van der Waals surface area contributed by atoms with Crippen molar-refractivity contribution >= 4 is 11.9 Å². The predicted octanol–water partition coefficient (Wildman–Crippen LogP) is -6.56. The molecule has 0 saturated carbocycles. The van der Waals surface area contributed by atoms with Crippen molar-refractivity contribution in [2.75, 3.05) is 0 Å². The van der Waals surface area contributed by atoms with Crippen molar-refractivity contribution in [3.8, 4) is 0 Å². The summed E-state index contributed by atoms with van der Waals surface area (Å²) in [6.45, 7) is 1.57. The van der Waals surface area contributed by atoms with E-state index in [0.717, 1.165) is 5.56 Å². The van der Waals surface area contributed by atoms with Gasteiger partial charge >= 0.3 is 59.1 Å². The van der Waals surface area contributed by atoms with Crippen LogP contribution in [0.25, 0.3) is 0 Å². The van der Waals surface area contributed by atoms with E-state index >= 15 is 0 Å². The van der Waals surface area contributed by atoms with Gasteiger partial charge in [0, 0.05) is 0 Å². The zero-order valence-corrected chi connectivity index (χ0v) is 15.4. The van der Waals surface area contributed by atoms with Gasteiger partial charge in [-0.15, -0.1) is 0 Å². The molecule has 1 aromatic carbocycles. The van der Waals surface area contributed by atoms with Gasteiger partial charge in [-0.1, -0.05) is 37.3 Å². The Balaban J connectivity index is 0. The molecule has 0 N–H and O–H groups in total. The second-order valence-corrected chi connectivity index (χ2v) is 3.55. The molecule has 0 amide bonds. The van der Waals surface area contributed by atoms with Crippen molar-refractivity contribution in [1.29, 1.82) is 0 Å². The monoisotopic (exact) mass is 278 g/mol. The molecule has 6 heteroatoms. The summed E-state index contributed by atoms with van der Waals surface area (Å²) in [4.78, 5) is 21.8. The maximum absolute atomic E-state index is 10.9. The van der Waals surface area contributed by atoms with Crippen LogP contribution in [0.5, 0.6) is 0 Å². The SMILES string of the molecule is CC/C(C(=O)[O-])=C(\Cc1ccccc1)C(=O)[O-].[Na+].[Na+]. The Hall–Kier alpha value is -0.1000. The fourth-order valence-electron chi connectivity index (χ4n) is 1.58. The molecule has 0 saturated heterocycles. The predicted molar refractivity (Wildman–Crippen MR) is 57.5 cm³/mol. The number of carboxylic acid groups (broad SMARTS) is 2. The van der Waals surface area contributed by atoms with Gasteiger partial charge in [0.05, 0.1) is 11.9 Å². The number of hydrogen-bond acceptors (Lipinski definition) is 4. The van der Waals surface area contributed by atoms with Crippen LogP contribution in [0.3, 0.4) is 0 Å². The van der Waals surface area contributed by atoms with E-state index in [1.807, 2.05) is 0 Å². The third-order valence-corrected chi connectivity index (χ3v) is 2.43. The van der Waals surface area contributed by atoms with Crippen molar-refractivity contribution in [3.05, 3.63) is 47.0 Å². The minimum absolute atomic E-state index is 0. The van der Waals surface area contributed by atoms with Crippen LogP contribution in [0.1, 0.15) is 18.9 Å². The second kappa shape index (κ2) is 10.7. The van der Waals surface area contributed by atoms with Crippen molar-refractivity contribution in [2.45, 2.75) is 19.8 Å². The molecule has 1 rings (SSSR count). The smallest absolute Gasteiger partial charge is 0.545 e. The summed E-state index contributed by atoms with van der Waals surface area (Å²) >= 11 is 0. The molecule has 90 valence electrons. The normalized spacial score (nSPS) is 10.6. The first-order valence-electron chi connectivity index (χ1n) is 5.24. The Morgan fingerprint density at radius 2 is 1.42 bits per heavy atom. The summed E-state index contributed by atoms with van der Waals surface area (Å²) in [7, 11) is 0. The van der Waals surface area contributed by atoms with Gasteiger partial charge in [-0.2, -0.15) is 0 Å². The molecule has 1 aromatic rings. The quantitative estimate of drug-likeness (QED) is 0.396. The number of carboxylic acids is 2. The minimum Gasteiger partial charge on any atom is -0.545 e. The van der Waals surface area contributed by atoms with Gasteiger partial charge in [0.15, 0.2) is 0 Å². The Labute approximate surface area is 156 Å². The van der Waals surface area contributed by atoms with E-state index in [2.05, 4.69) is 0 Å². The molecular weight excluding hydrogens is 266 g/mol. The number of carbonyl (C=O) groups excluding carboxylic acids is 2. The number of carbonyl (C=O) groups is 2. The van der Waals surface area contributed by atoms with E-state index in [9.17, 15) is 19.8 Å². The van der Waals surface area contributed by atoms with Crippen molar-refractivity contribution < 1.29 is 78.9 Å². The molecule has 0 atom stereocenters. The summed E-state index contributed by atoms with van der Waals surface area (Å²) < 4.78 is 0. The fraction of sp³-hybridized carbons (Fsp3) is 0.231. The molecule has 0 radical (unpaired) electrons. The average Bonchev–Trinajstić information content (AvgIpc) is 2.29. The topological polar surface area (TPSA) is 80.3 Å². The van der Waals surface area contributed by atoms with Crippen LogP contribution in [0, 0.1) is 0 Å². The van der Waals surface area contributed by atoms with Crippen LogP contribution in [0.15, 0.2) is 41.5 Å². The van der Waals surface area contributed by atoms with Crippen molar-refractivity contribution in [2.24, 2.45) is 0 Å². The molecule has 4 nitrogen and oxygen atoms in total. The molecule has 0 spiro atoms. The zero-order chi connectivity index (χ0) is 12.8. The molecule has 0 aliphatic heterocycles. The average molecular weight is 278 g/mol. The maximum atomic E-state index is 10.9. The third-order valence-electron chi connectivity index (χ3n) is 2.43. The Morgan fingerprint density at radius 3 is 1.79 bits per heavy atom. The van der Waals surface area contributed by atoms with E-state index in [4.69, 9.17) is 0 Å². The molecule has 0 aromatic heterocycles. The fourth-order valence-corrected chi connectivity index (χ4v) is 1.58. The van der Waals surface area contributed by atoms with Crippen molar-refractivity contribution in [1.82, 2.24) is 0 Å². The number of rotatable bonds is 5. The largest absolute Gasteiger partial charge is 1.00 e. The van der Waals surface area contributed by atoms with Gasteiger partial charge in [0.2, 0.25) is 0 Å². The molecule has 0 bridgehead atoms. The van der Waals surface area contributed by atoms with E-state index in [0.29, 0.717) is 0 Å². The standard InChI is InChI=1S/C13H14O4.2Na/c1-2-10(12(14)15)11(13(16)17)8-9-6-4-3-5-7-9;;/h3-7H,2,8H2,1H3,(H,14,15)(H,16,17);;/q;2*+1/p-2/b11-10-;;. The first-order valence-corrected chi connectivity index (χ1v) is 5.24. The van der Waals surface area contributed by atoms with E-state index in [1.165, 1.54) is 0 Å². The molecule has 0 fully saturated rings. The zero-order valence-electron chi connectivity index (χ0n) is 11.4. The van der Waals surface area contributed by atoms with Gasteiger partial charge in [0.1, 0.15) is 0 Å². The van der Waals surface area contributed by atoms with Gasteiger partial charge in [-0.25, -0.2) is 0 Å². The number of aliphatic carboxylic acids is 2. The summed E-state index contributed by atoms with van der Waals surface area (Å²) in [6.07, 6.45) is 0.124. The number of hydrogen-bond donors (Lipinski definition) is 0. The molecule has 19 heavy (non-hydrogen) atoms. The van der Waals surface area contributed by atoms with Crippen LogP contribution in [-0.2, 0) is 16.0 Å². The first kappa shape index (κ1) is 21.2. The van der Waals surface area contributed by atoms with Gasteiger partial charge in [-0.05, 0) is 29.6 Å². The van der Waals surface area contributed by atoms with Crippen LogP contribution in [0.2, 0.25) is 0 Å². The molecule has 0 aliphatic carbocycles. The second-order valence-electron chi connectivity index (χ2n) is 3.55. The van der Waals surface area contributed by atoms with E-state index < -0.39 is 11.9 Å². The van der Waals surface area contributed by atoms with Gasteiger partial charge < -0.3 is 19.8 Å². The Bertz CT molecular complexity index is 455. The van der Waals surface area contributed by atoms with Crippen LogP contribution in [0.4, 0.5) is 0 Å². The molecular formula is C13H12Na2O4. The number of benzene rings is 1. The van der Waals surface area contributed by atoms with Gasteiger partial charge in [0.25, 0.3) is 0 Å². The first-order chi connectivity index (χ1) is 8.06. The van der Waals surface area contributed by atoms with Gasteiger partial charge in [-0.3, -0.25) is 0 Å². The van der Waals surface area contributed by atoms with E-state index in [1.54, 1.807) is 37.3 Å². The van der Waals surface area contributed by atoms with E-state index in [-0.39, 0.29) is 83.1 Å². The Kier molecular flexibility index (Phi) is 11.9. The molecule has 0 unspecified atom stereocenters. The van der Waals surface area contributed by atoms with Crippen LogP contribution < -0.4 is 69.3 Å². The Morgan fingerprint density at radius 1 is 0.947 bits per heavy atom. The third kappa shape index (κ3) is 6.75. The summed E-state index contributed by atoms with van der Waals surface area (Å²) in [6, 6.07) is 8.77. The van der Waals surface area contributed by atoms with Crippen LogP contribution >= 0.6 is 0 Å². The summed E-state index contributed by atoms with van der Waals surface area (Å²) in [5, 5.41) is 21.8. The maximum Gasteiger partial charge on any atom is 1.00 e.